The molecule has 5 aliphatic rings. The van der Waals surface area contributed by atoms with E-state index >= 15 is 0 Å². The molecule has 2 saturated carbocycles. The Kier molecular flexibility index (Phi) is 3.08. The molecule has 2 heterocycles. The van der Waals surface area contributed by atoms with E-state index in [4.69, 9.17) is 9.47 Å². The molecule has 25 heavy (non-hydrogen) atoms. The number of ether oxygens (including phenoxy) is 2. The summed E-state index contributed by atoms with van der Waals surface area (Å²) in [6.45, 7) is 0.972. The number of hydrogen-bond donors (Lipinski definition) is 1. The zero-order valence-corrected chi connectivity index (χ0v) is 14.7. The molecular weight excluding hydrogens is 320 g/mol. The van der Waals surface area contributed by atoms with E-state index in [1.54, 1.807) is 7.11 Å². The summed E-state index contributed by atoms with van der Waals surface area (Å²) in [5.41, 5.74) is 1.25. The predicted octanol–water partition coefficient (Wildman–Crippen LogP) is 1.13. The lowest BCUT2D eigenvalue weighted by atomic mass is 9.49. The molecule has 5 rings (SSSR count). The number of Topliss-reactive ketones (excluding diaryl/α,β-unsaturated/α-hetero) is 1. The minimum atomic E-state index is -0.978. The van der Waals surface area contributed by atoms with Gasteiger partial charge in [-0.15, -0.1) is 0 Å². The second kappa shape index (κ2) is 4.95. The lowest BCUT2D eigenvalue weighted by molar-refractivity contribution is -0.151. The van der Waals surface area contributed by atoms with Crippen LogP contribution in [0.2, 0.25) is 0 Å². The summed E-state index contributed by atoms with van der Waals surface area (Å²) in [6.07, 6.45) is 6.41. The van der Waals surface area contributed by atoms with E-state index in [-0.39, 0.29) is 11.2 Å². The van der Waals surface area contributed by atoms with Gasteiger partial charge in [-0.25, -0.2) is 0 Å². The van der Waals surface area contributed by atoms with Gasteiger partial charge in [0, 0.05) is 37.0 Å². The summed E-state index contributed by atoms with van der Waals surface area (Å²) >= 11 is 0. The average molecular weight is 344 g/mol. The third kappa shape index (κ3) is 1.67. The maximum absolute atomic E-state index is 12.8. The smallest absolute Gasteiger partial charge is 0.209 e. The van der Waals surface area contributed by atoms with Crippen molar-refractivity contribution in [2.45, 2.75) is 50.0 Å². The second-order valence-corrected chi connectivity index (χ2v) is 8.08. The van der Waals surface area contributed by atoms with Crippen LogP contribution in [0.5, 0.6) is 0 Å². The Bertz CT molecular complexity index is 729. The van der Waals surface area contributed by atoms with Crippen molar-refractivity contribution in [3.05, 3.63) is 23.0 Å². The van der Waals surface area contributed by atoms with E-state index in [2.05, 4.69) is 23.3 Å². The van der Waals surface area contributed by atoms with Crippen LogP contribution in [0.15, 0.2) is 23.0 Å². The van der Waals surface area contributed by atoms with Crippen molar-refractivity contribution in [2.75, 3.05) is 20.7 Å². The molecule has 3 fully saturated rings. The maximum atomic E-state index is 12.8. The normalized spacial score (nSPS) is 44.8. The number of hydrogen-bond acceptors (Lipinski definition) is 5. The first-order chi connectivity index (χ1) is 12.1. The van der Waals surface area contributed by atoms with Gasteiger partial charge in [0.25, 0.3) is 0 Å². The van der Waals surface area contributed by atoms with Crippen LogP contribution in [0, 0.1) is 11.3 Å². The van der Waals surface area contributed by atoms with Gasteiger partial charge in [0.2, 0.25) is 12.1 Å². The Morgan fingerprint density at radius 2 is 2.32 bits per heavy atom. The Morgan fingerprint density at radius 3 is 3.08 bits per heavy atom. The highest BCUT2D eigenvalue weighted by molar-refractivity contribution is 5.87. The summed E-state index contributed by atoms with van der Waals surface area (Å²) in [5.74, 6) is 1.32. The minimum absolute atomic E-state index is 0.200. The van der Waals surface area contributed by atoms with Crippen LogP contribution in [-0.4, -0.2) is 55.7 Å². The van der Waals surface area contributed by atoms with Gasteiger partial charge in [-0.3, -0.25) is 9.59 Å². The molecule has 0 aromatic heterocycles. The molecule has 1 unspecified atom stereocenters. The van der Waals surface area contributed by atoms with Crippen molar-refractivity contribution in [1.82, 2.24) is 10.2 Å². The number of carbonyl (C=O) groups excluding carboxylic acids is 2. The molecule has 6 heteroatoms. The van der Waals surface area contributed by atoms with Crippen molar-refractivity contribution in [3.8, 4) is 0 Å². The number of nitrogens with one attached hydrogen (secondary N) is 1. The highest BCUT2D eigenvalue weighted by Crippen LogP contribution is 2.66. The molecule has 0 aromatic rings. The molecule has 134 valence electrons. The topological polar surface area (TPSA) is 67.9 Å². The van der Waals surface area contributed by atoms with Crippen LogP contribution in [-0.2, 0) is 19.1 Å². The number of piperidine rings is 1. The fourth-order valence-electron chi connectivity index (χ4n) is 6.22. The first-order valence-corrected chi connectivity index (χ1v) is 9.18. The van der Waals surface area contributed by atoms with E-state index in [9.17, 15) is 9.59 Å². The number of carbonyl (C=O) groups is 2. The van der Waals surface area contributed by atoms with Crippen LogP contribution in [0.25, 0.3) is 0 Å². The highest BCUT2D eigenvalue weighted by atomic mass is 16.6. The quantitative estimate of drug-likeness (QED) is 0.614. The highest BCUT2D eigenvalue weighted by Gasteiger charge is 2.68. The summed E-state index contributed by atoms with van der Waals surface area (Å²) in [7, 11) is 3.79. The number of rotatable bonds is 3. The van der Waals surface area contributed by atoms with Gasteiger partial charge in [-0.1, -0.05) is 6.08 Å². The van der Waals surface area contributed by atoms with Crippen LogP contribution >= 0.6 is 0 Å². The zero-order valence-electron chi connectivity index (χ0n) is 14.7. The van der Waals surface area contributed by atoms with Gasteiger partial charge in [0.05, 0.1) is 0 Å². The lowest BCUT2D eigenvalue weighted by Gasteiger charge is -2.58. The predicted molar refractivity (Wildman–Crippen MR) is 89.4 cm³/mol. The molecule has 1 saturated heterocycles. The van der Waals surface area contributed by atoms with E-state index in [1.807, 2.05) is 0 Å². The molecule has 2 aliphatic heterocycles. The molecule has 1 amide bonds. The Balaban J connectivity index is 1.74. The lowest BCUT2D eigenvalue weighted by Crippen LogP contribution is -2.63. The summed E-state index contributed by atoms with van der Waals surface area (Å²) in [6, 6.07) is 0.469. The Labute approximate surface area is 147 Å². The third-order valence-electron chi connectivity index (χ3n) is 7.35. The standard InChI is InChI=1S/C19H24N2O4/c1-21-8-7-18-12-3-4-14(23)16(18)25-17-15(18)11(9-13(12)21)5-6-19(17,24-2)20-10-22/h5,10,12-13,16H,3-4,6-9H2,1-2H3,(H,20,22)/t12-,13+,16-,18-,19?/m0/s1. The van der Waals surface area contributed by atoms with E-state index in [0.29, 0.717) is 37.0 Å². The third-order valence-corrected chi connectivity index (χ3v) is 7.35. The van der Waals surface area contributed by atoms with Crippen LogP contribution in [0.1, 0.15) is 32.1 Å². The fraction of sp³-hybridized carbons (Fsp3) is 0.684. The van der Waals surface area contributed by atoms with E-state index in [1.165, 1.54) is 11.1 Å². The van der Waals surface area contributed by atoms with Gasteiger partial charge in [-0.2, -0.15) is 0 Å². The SMILES string of the molecule is COC1(NC=O)CC=C2C[C@@H]3[C@@H]4CCC(=O)[C@@H]5OC1=C2[C@@]54CCN3C. The van der Waals surface area contributed by atoms with Gasteiger partial charge in [0.1, 0.15) is 0 Å². The van der Waals surface area contributed by atoms with Crippen molar-refractivity contribution in [2.24, 2.45) is 11.3 Å². The van der Waals surface area contributed by atoms with Crippen LogP contribution < -0.4 is 5.32 Å². The maximum Gasteiger partial charge on any atom is 0.209 e. The fourth-order valence-corrected chi connectivity index (χ4v) is 6.22. The molecule has 6 nitrogen and oxygen atoms in total. The van der Waals surface area contributed by atoms with Gasteiger partial charge >= 0.3 is 0 Å². The molecule has 2 bridgehead atoms. The summed E-state index contributed by atoms with van der Waals surface area (Å²) < 4.78 is 12.1. The number of methoxy groups -OCH3 is 1. The second-order valence-electron chi connectivity index (χ2n) is 8.08. The van der Waals surface area contributed by atoms with Gasteiger partial charge < -0.3 is 19.7 Å². The molecular formula is C19H24N2O4. The van der Waals surface area contributed by atoms with Crippen molar-refractivity contribution in [3.63, 3.8) is 0 Å². The van der Waals surface area contributed by atoms with E-state index < -0.39 is 11.8 Å². The Hall–Kier alpha value is -1.66. The monoisotopic (exact) mass is 344 g/mol. The molecule has 1 N–H and O–H groups in total. The van der Waals surface area contributed by atoms with Gasteiger partial charge in [0.15, 0.2) is 17.6 Å². The van der Waals surface area contributed by atoms with Crippen LogP contribution in [0.4, 0.5) is 0 Å². The number of nitrogens with zero attached hydrogens (tertiary/aromatic N) is 1. The molecule has 5 atom stereocenters. The average Bonchev–Trinajstić information content (AvgIpc) is 2.97. The molecule has 1 spiro atoms. The van der Waals surface area contributed by atoms with Crippen molar-refractivity contribution in [1.29, 1.82) is 0 Å². The number of likely N-dealkylation sites (tertiary alicyclic amines) is 1. The van der Waals surface area contributed by atoms with E-state index in [0.717, 1.165) is 25.8 Å². The van der Waals surface area contributed by atoms with Crippen molar-refractivity contribution < 1.29 is 19.1 Å². The molecule has 3 aliphatic carbocycles. The summed E-state index contributed by atoms with van der Waals surface area (Å²) in [4.78, 5) is 26.5. The largest absolute Gasteiger partial charge is 0.481 e. The Morgan fingerprint density at radius 1 is 1.48 bits per heavy atom. The zero-order chi connectivity index (χ0) is 17.4. The summed E-state index contributed by atoms with van der Waals surface area (Å²) in [5, 5.41) is 2.83. The van der Waals surface area contributed by atoms with Gasteiger partial charge in [-0.05, 0) is 44.3 Å². The molecule has 0 aromatic carbocycles. The van der Waals surface area contributed by atoms with Crippen molar-refractivity contribution >= 4 is 12.2 Å². The van der Waals surface area contributed by atoms with Crippen LogP contribution in [0.3, 0.4) is 0 Å². The first kappa shape index (κ1) is 15.6. The molecule has 0 radical (unpaired) electrons. The first-order valence-electron chi connectivity index (χ1n) is 9.18. The number of ketones is 1. The minimum Gasteiger partial charge on any atom is -0.481 e. The number of amides is 1.